The maximum atomic E-state index is 13.3. The number of hydrogen-bond acceptors (Lipinski definition) is 6. The Morgan fingerprint density at radius 3 is 1.95 bits per heavy atom. The van der Waals surface area contributed by atoms with Crippen LogP contribution in [0.1, 0.15) is 48.5 Å². The molecule has 210 valence electrons. The summed E-state index contributed by atoms with van der Waals surface area (Å²) in [7, 11) is 0. The Morgan fingerprint density at radius 2 is 1.49 bits per heavy atom. The Morgan fingerprint density at radius 1 is 0.949 bits per heavy atom. The summed E-state index contributed by atoms with van der Waals surface area (Å²) in [5.74, 6) is -1.00. The molecule has 0 radical (unpaired) electrons. The standard InChI is InChI=1S/C25H24F6N4O4/c1-15-32-21(35-39-15)14-23(34-22(36)33-18-8-2-3-9-18,16-6-4-10-19(12-16)37-24(26,27)28)17-7-5-11-20(13-17)38-25(29,30)31/h4-7,10-13,18H,2-3,8-9,14H2,1H3,(H2,33,34,36). The fourth-order valence-electron chi connectivity index (χ4n) is 4.61. The number of carbonyl (C=O) groups excluding carboxylic acids is 1. The van der Waals surface area contributed by atoms with Gasteiger partial charge in [0.1, 0.15) is 11.5 Å². The van der Waals surface area contributed by atoms with Gasteiger partial charge >= 0.3 is 18.8 Å². The summed E-state index contributed by atoms with van der Waals surface area (Å²) in [4.78, 5) is 17.4. The summed E-state index contributed by atoms with van der Waals surface area (Å²) in [6, 6.07) is 8.69. The summed E-state index contributed by atoms with van der Waals surface area (Å²) in [6.07, 6.45) is -7.05. The van der Waals surface area contributed by atoms with Crippen LogP contribution in [-0.4, -0.2) is 34.9 Å². The number of carbonyl (C=O) groups is 1. The van der Waals surface area contributed by atoms with Crippen molar-refractivity contribution in [1.29, 1.82) is 0 Å². The van der Waals surface area contributed by atoms with Gasteiger partial charge in [0, 0.05) is 19.4 Å². The van der Waals surface area contributed by atoms with E-state index in [0.29, 0.717) is 0 Å². The first-order valence-corrected chi connectivity index (χ1v) is 11.9. The van der Waals surface area contributed by atoms with Gasteiger partial charge in [-0.25, -0.2) is 4.79 Å². The van der Waals surface area contributed by atoms with Gasteiger partial charge in [-0.15, -0.1) is 26.3 Å². The second kappa shape index (κ2) is 11.0. The van der Waals surface area contributed by atoms with Crippen molar-refractivity contribution in [3.05, 3.63) is 71.4 Å². The van der Waals surface area contributed by atoms with Gasteiger partial charge in [0.15, 0.2) is 5.82 Å². The Kier molecular flexibility index (Phi) is 7.93. The average Bonchev–Trinajstić information content (AvgIpc) is 3.48. The molecule has 1 fully saturated rings. The molecular formula is C25H24F6N4O4. The van der Waals surface area contributed by atoms with E-state index in [1.165, 1.54) is 31.2 Å². The molecule has 0 aliphatic heterocycles. The van der Waals surface area contributed by atoms with E-state index in [0.717, 1.165) is 49.9 Å². The van der Waals surface area contributed by atoms with Crippen molar-refractivity contribution in [2.24, 2.45) is 0 Å². The molecule has 0 saturated heterocycles. The number of ether oxygens (including phenoxy) is 2. The Balaban J connectivity index is 1.86. The lowest BCUT2D eigenvalue weighted by Gasteiger charge is -2.36. The van der Waals surface area contributed by atoms with Crippen molar-refractivity contribution in [3.8, 4) is 11.5 Å². The van der Waals surface area contributed by atoms with E-state index in [-0.39, 0.29) is 35.3 Å². The number of halogens is 6. The van der Waals surface area contributed by atoms with Crippen LogP contribution < -0.4 is 20.1 Å². The number of nitrogens with zero attached hydrogens (tertiary/aromatic N) is 2. The van der Waals surface area contributed by atoms with E-state index in [4.69, 9.17) is 4.52 Å². The molecule has 2 amide bonds. The van der Waals surface area contributed by atoms with E-state index in [2.05, 4.69) is 30.2 Å². The molecule has 8 nitrogen and oxygen atoms in total. The number of rotatable bonds is 8. The lowest BCUT2D eigenvalue weighted by Crippen LogP contribution is -2.53. The van der Waals surface area contributed by atoms with Gasteiger partial charge in [-0.2, -0.15) is 4.98 Å². The smallest absolute Gasteiger partial charge is 0.406 e. The van der Waals surface area contributed by atoms with E-state index in [1.807, 2.05) is 0 Å². The molecule has 3 aromatic rings. The summed E-state index contributed by atoms with van der Waals surface area (Å²) in [6.45, 7) is 1.51. The Bertz CT molecular complexity index is 1230. The van der Waals surface area contributed by atoms with Gasteiger partial charge < -0.3 is 24.6 Å². The minimum atomic E-state index is -5.01. The van der Waals surface area contributed by atoms with Crippen LogP contribution in [0.4, 0.5) is 31.1 Å². The summed E-state index contributed by atoms with van der Waals surface area (Å²) in [5, 5.41) is 9.46. The molecule has 1 saturated carbocycles. The van der Waals surface area contributed by atoms with Crippen LogP contribution in [-0.2, 0) is 12.0 Å². The van der Waals surface area contributed by atoms with E-state index < -0.39 is 35.8 Å². The number of amides is 2. The number of aryl methyl sites for hydroxylation is 1. The van der Waals surface area contributed by atoms with E-state index in [1.54, 1.807) is 0 Å². The van der Waals surface area contributed by atoms with Crippen LogP contribution in [0.25, 0.3) is 0 Å². The largest absolute Gasteiger partial charge is 0.573 e. The highest BCUT2D eigenvalue weighted by Gasteiger charge is 2.41. The van der Waals surface area contributed by atoms with E-state index in [9.17, 15) is 31.1 Å². The zero-order chi connectivity index (χ0) is 28.3. The predicted octanol–water partition coefficient (Wildman–Crippen LogP) is 5.90. The molecule has 2 N–H and O–H groups in total. The Hall–Kier alpha value is -3.97. The highest BCUT2D eigenvalue weighted by molar-refractivity contribution is 5.76. The summed E-state index contributed by atoms with van der Waals surface area (Å²) < 4.78 is 91.4. The molecule has 0 bridgehead atoms. The monoisotopic (exact) mass is 558 g/mol. The molecule has 1 aliphatic carbocycles. The first-order chi connectivity index (χ1) is 18.3. The first kappa shape index (κ1) is 28.0. The van der Waals surface area contributed by atoms with Crippen LogP contribution in [0, 0.1) is 6.92 Å². The molecule has 14 heteroatoms. The van der Waals surface area contributed by atoms with Crippen LogP contribution in [0.2, 0.25) is 0 Å². The molecular weight excluding hydrogens is 534 g/mol. The van der Waals surface area contributed by atoms with Crippen LogP contribution in [0.3, 0.4) is 0 Å². The third kappa shape index (κ3) is 7.54. The van der Waals surface area contributed by atoms with Crippen molar-refractivity contribution < 1.29 is 45.1 Å². The lowest BCUT2D eigenvalue weighted by molar-refractivity contribution is -0.275. The van der Waals surface area contributed by atoms with Crippen LogP contribution >= 0.6 is 0 Å². The van der Waals surface area contributed by atoms with Gasteiger partial charge in [0.05, 0.1) is 5.54 Å². The number of aromatic nitrogens is 2. The zero-order valence-electron chi connectivity index (χ0n) is 20.5. The van der Waals surface area contributed by atoms with Crippen LogP contribution in [0.5, 0.6) is 11.5 Å². The quantitative estimate of drug-likeness (QED) is 0.334. The molecule has 1 aliphatic rings. The highest BCUT2D eigenvalue weighted by Crippen LogP contribution is 2.38. The van der Waals surface area contributed by atoms with Crippen LogP contribution in [0.15, 0.2) is 53.1 Å². The van der Waals surface area contributed by atoms with Crippen molar-refractivity contribution in [2.75, 3.05) is 0 Å². The molecule has 2 aromatic carbocycles. The SMILES string of the molecule is Cc1nc(CC(NC(=O)NC2CCCC2)(c2cccc(OC(F)(F)F)c2)c2cccc(OC(F)(F)F)c2)no1. The van der Waals surface area contributed by atoms with Gasteiger partial charge in [0.25, 0.3) is 0 Å². The van der Waals surface area contributed by atoms with Gasteiger partial charge in [-0.1, -0.05) is 42.3 Å². The number of nitrogens with one attached hydrogen (secondary N) is 2. The van der Waals surface area contributed by atoms with Crippen molar-refractivity contribution in [1.82, 2.24) is 20.8 Å². The highest BCUT2D eigenvalue weighted by atomic mass is 19.4. The maximum absolute atomic E-state index is 13.3. The fraction of sp³-hybridized carbons (Fsp3) is 0.400. The molecule has 1 heterocycles. The zero-order valence-corrected chi connectivity index (χ0v) is 20.5. The topological polar surface area (TPSA) is 98.5 Å². The Labute approximate surface area is 218 Å². The molecule has 1 aromatic heterocycles. The maximum Gasteiger partial charge on any atom is 0.573 e. The first-order valence-electron chi connectivity index (χ1n) is 11.9. The fourth-order valence-corrected chi connectivity index (χ4v) is 4.61. The van der Waals surface area contributed by atoms with Crippen molar-refractivity contribution >= 4 is 6.03 Å². The normalized spacial score (nSPS) is 14.7. The number of alkyl halides is 6. The minimum Gasteiger partial charge on any atom is -0.406 e. The predicted molar refractivity (Wildman–Crippen MR) is 124 cm³/mol. The van der Waals surface area contributed by atoms with Gasteiger partial charge in [-0.05, 0) is 48.2 Å². The second-order valence-corrected chi connectivity index (χ2v) is 9.04. The molecule has 0 spiro atoms. The molecule has 0 atom stereocenters. The van der Waals surface area contributed by atoms with Crippen molar-refractivity contribution in [3.63, 3.8) is 0 Å². The van der Waals surface area contributed by atoms with E-state index >= 15 is 0 Å². The third-order valence-electron chi connectivity index (χ3n) is 6.13. The average molecular weight is 558 g/mol. The van der Waals surface area contributed by atoms with Gasteiger partial charge in [-0.3, -0.25) is 0 Å². The number of benzene rings is 2. The van der Waals surface area contributed by atoms with Crippen molar-refractivity contribution in [2.45, 2.75) is 63.3 Å². The molecule has 39 heavy (non-hydrogen) atoms. The lowest BCUT2D eigenvalue weighted by atomic mass is 9.79. The minimum absolute atomic E-state index is 0.0398. The molecule has 0 unspecified atom stereocenters. The molecule has 4 rings (SSSR count). The summed E-state index contributed by atoms with van der Waals surface area (Å²) in [5.41, 5.74) is -1.68. The second-order valence-electron chi connectivity index (χ2n) is 9.04. The third-order valence-corrected chi connectivity index (χ3v) is 6.13. The number of urea groups is 1. The number of hydrogen-bond donors (Lipinski definition) is 2. The van der Waals surface area contributed by atoms with Gasteiger partial charge in [0.2, 0.25) is 5.89 Å². The summed E-state index contributed by atoms with van der Waals surface area (Å²) >= 11 is 0.